The van der Waals surface area contributed by atoms with Gasteiger partial charge in [-0.1, -0.05) is 18.5 Å². The van der Waals surface area contributed by atoms with Crippen LogP contribution in [0.4, 0.5) is 5.69 Å². The van der Waals surface area contributed by atoms with Gasteiger partial charge in [-0.2, -0.15) is 5.10 Å². The van der Waals surface area contributed by atoms with Crippen molar-refractivity contribution in [3.05, 3.63) is 35.9 Å². The summed E-state index contributed by atoms with van der Waals surface area (Å²) in [7, 11) is 0. The molecule has 2 aromatic rings. The van der Waals surface area contributed by atoms with Crippen molar-refractivity contribution in [3.63, 3.8) is 0 Å². The van der Waals surface area contributed by atoms with Gasteiger partial charge in [0.15, 0.2) is 0 Å². The van der Waals surface area contributed by atoms with Gasteiger partial charge in [-0.15, -0.1) is 0 Å². The summed E-state index contributed by atoms with van der Waals surface area (Å²) in [5.41, 5.74) is 6.87. The standard InChI is InChI=1S/C13H16ClN5O/c1-2-9(6-15)13(20)18-11-5-10(14)3-4-12(11)19-8-16-7-17-19/h3-5,7-9H,2,6,15H2,1H3,(H,18,20). The number of halogens is 1. The number of hydrogen-bond acceptors (Lipinski definition) is 4. The van der Waals surface area contributed by atoms with E-state index in [9.17, 15) is 4.79 Å². The van der Waals surface area contributed by atoms with Gasteiger partial charge in [-0.25, -0.2) is 9.67 Å². The molecule has 1 heterocycles. The average Bonchev–Trinajstić information content (AvgIpc) is 2.94. The van der Waals surface area contributed by atoms with Crippen LogP contribution in [-0.4, -0.2) is 27.2 Å². The van der Waals surface area contributed by atoms with Crippen LogP contribution in [0.2, 0.25) is 5.02 Å². The van der Waals surface area contributed by atoms with Gasteiger partial charge in [0.1, 0.15) is 12.7 Å². The third-order valence-electron chi connectivity index (χ3n) is 3.03. The molecular weight excluding hydrogens is 278 g/mol. The fourth-order valence-electron chi connectivity index (χ4n) is 1.83. The molecule has 1 unspecified atom stereocenters. The van der Waals surface area contributed by atoms with E-state index in [0.717, 1.165) is 0 Å². The van der Waals surface area contributed by atoms with E-state index in [4.69, 9.17) is 17.3 Å². The number of nitrogens with zero attached hydrogens (tertiary/aromatic N) is 3. The lowest BCUT2D eigenvalue weighted by molar-refractivity contribution is -0.119. The van der Waals surface area contributed by atoms with Crippen molar-refractivity contribution in [2.45, 2.75) is 13.3 Å². The predicted octanol–water partition coefficient (Wildman–Crippen LogP) is 1.84. The highest BCUT2D eigenvalue weighted by Gasteiger charge is 2.17. The molecule has 3 N–H and O–H groups in total. The molecule has 1 aromatic carbocycles. The second kappa shape index (κ2) is 6.49. The number of benzene rings is 1. The van der Waals surface area contributed by atoms with Gasteiger partial charge in [0.25, 0.3) is 0 Å². The Morgan fingerprint density at radius 2 is 2.35 bits per heavy atom. The van der Waals surface area contributed by atoms with Crippen LogP contribution in [0.15, 0.2) is 30.9 Å². The number of anilines is 1. The van der Waals surface area contributed by atoms with Crippen molar-refractivity contribution in [1.29, 1.82) is 0 Å². The number of rotatable bonds is 5. The molecule has 1 atom stereocenters. The molecule has 1 aromatic heterocycles. The van der Waals surface area contributed by atoms with Crippen molar-refractivity contribution < 1.29 is 4.79 Å². The first-order chi connectivity index (χ1) is 9.65. The third kappa shape index (κ3) is 3.15. The summed E-state index contributed by atoms with van der Waals surface area (Å²) in [6.07, 6.45) is 3.66. The summed E-state index contributed by atoms with van der Waals surface area (Å²) >= 11 is 5.99. The van der Waals surface area contributed by atoms with E-state index in [1.807, 2.05) is 6.92 Å². The fourth-order valence-corrected chi connectivity index (χ4v) is 2.01. The van der Waals surface area contributed by atoms with Crippen molar-refractivity contribution in [1.82, 2.24) is 14.8 Å². The number of carbonyl (C=O) groups is 1. The molecule has 106 valence electrons. The Hall–Kier alpha value is -1.92. The third-order valence-corrected chi connectivity index (χ3v) is 3.27. The molecule has 2 rings (SSSR count). The maximum Gasteiger partial charge on any atom is 0.228 e. The summed E-state index contributed by atoms with van der Waals surface area (Å²) in [5, 5.41) is 7.44. The molecule has 0 fully saturated rings. The monoisotopic (exact) mass is 293 g/mol. The molecule has 0 bridgehead atoms. The Labute approximate surface area is 121 Å². The maximum absolute atomic E-state index is 12.1. The number of nitrogens with one attached hydrogen (secondary N) is 1. The van der Waals surface area contributed by atoms with Crippen molar-refractivity contribution in [3.8, 4) is 5.69 Å². The summed E-state index contributed by atoms with van der Waals surface area (Å²) in [6, 6.07) is 5.18. The lowest BCUT2D eigenvalue weighted by Crippen LogP contribution is -2.29. The summed E-state index contributed by atoms with van der Waals surface area (Å²) in [4.78, 5) is 16.0. The number of carbonyl (C=O) groups excluding carboxylic acids is 1. The van der Waals surface area contributed by atoms with Gasteiger partial charge >= 0.3 is 0 Å². The maximum atomic E-state index is 12.1. The van der Waals surface area contributed by atoms with Crippen molar-refractivity contribution in [2.75, 3.05) is 11.9 Å². The molecule has 0 aliphatic heterocycles. The molecule has 7 heteroatoms. The Morgan fingerprint density at radius 3 is 2.95 bits per heavy atom. The zero-order chi connectivity index (χ0) is 14.5. The van der Waals surface area contributed by atoms with E-state index in [1.165, 1.54) is 6.33 Å². The second-order valence-electron chi connectivity index (χ2n) is 4.33. The number of nitrogens with two attached hydrogens (primary N) is 1. The van der Waals surface area contributed by atoms with Crippen LogP contribution in [0.25, 0.3) is 5.69 Å². The Morgan fingerprint density at radius 1 is 1.55 bits per heavy atom. The van der Waals surface area contributed by atoms with E-state index >= 15 is 0 Å². The lowest BCUT2D eigenvalue weighted by atomic mass is 10.1. The summed E-state index contributed by atoms with van der Waals surface area (Å²) in [5.74, 6) is -0.351. The van der Waals surface area contributed by atoms with Gasteiger partial charge in [0.05, 0.1) is 17.3 Å². The van der Waals surface area contributed by atoms with Crippen molar-refractivity contribution in [2.24, 2.45) is 11.7 Å². The van der Waals surface area contributed by atoms with E-state index in [-0.39, 0.29) is 11.8 Å². The Bertz CT molecular complexity index is 580. The number of aromatic nitrogens is 3. The minimum absolute atomic E-state index is 0.126. The predicted molar refractivity (Wildman–Crippen MR) is 77.8 cm³/mol. The molecule has 0 aliphatic carbocycles. The van der Waals surface area contributed by atoms with E-state index < -0.39 is 0 Å². The highest BCUT2D eigenvalue weighted by atomic mass is 35.5. The molecule has 20 heavy (non-hydrogen) atoms. The minimum atomic E-state index is -0.224. The molecule has 0 aliphatic rings. The molecule has 0 saturated heterocycles. The van der Waals surface area contributed by atoms with Gasteiger partial charge in [-0.3, -0.25) is 4.79 Å². The Kier molecular flexibility index (Phi) is 4.70. The van der Waals surface area contributed by atoms with Crippen LogP contribution in [0.5, 0.6) is 0 Å². The van der Waals surface area contributed by atoms with Crippen LogP contribution in [0, 0.1) is 5.92 Å². The van der Waals surface area contributed by atoms with E-state index in [2.05, 4.69) is 15.4 Å². The van der Waals surface area contributed by atoms with E-state index in [1.54, 1.807) is 29.2 Å². The first-order valence-electron chi connectivity index (χ1n) is 6.31. The molecule has 0 radical (unpaired) electrons. The molecular formula is C13H16ClN5O. The lowest BCUT2D eigenvalue weighted by Gasteiger charge is -2.15. The first-order valence-corrected chi connectivity index (χ1v) is 6.69. The van der Waals surface area contributed by atoms with Crippen LogP contribution in [0.1, 0.15) is 13.3 Å². The normalized spacial score (nSPS) is 12.2. The van der Waals surface area contributed by atoms with Gasteiger partial charge in [0, 0.05) is 11.6 Å². The molecule has 6 nitrogen and oxygen atoms in total. The molecule has 0 saturated carbocycles. The SMILES string of the molecule is CCC(CN)C(=O)Nc1cc(Cl)ccc1-n1cncn1. The van der Waals surface area contributed by atoms with Gasteiger partial charge < -0.3 is 11.1 Å². The highest BCUT2D eigenvalue weighted by molar-refractivity contribution is 6.31. The summed E-state index contributed by atoms with van der Waals surface area (Å²) < 4.78 is 1.56. The van der Waals surface area contributed by atoms with Crippen LogP contribution >= 0.6 is 11.6 Å². The first kappa shape index (κ1) is 14.5. The number of amides is 1. The zero-order valence-corrected chi connectivity index (χ0v) is 11.8. The summed E-state index contributed by atoms with van der Waals surface area (Å²) in [6.45, 7) is 2.23. The molecule has 1 amide bonds. The highest BCUT2D eigenvalue weighted by Crippen LogP contribution is 2.24. The smallest absolute Gasteiger partial charge is 0.228 e. The van der Waals surface area contributed by atoms with Gasteiger partial charge in [0.2, 0.25) is 5.91 Å². The fraction of sp³-hybridized carbons (Fsp3) is 0.308. The van der Waals surface area contributed by atoms with Crippen molar-refractivity contribution >= 4 is 23.2 Å². The second-order valence-corrected chi connectivity index (χ2v) is 4.77. The minimum Gasteiger partial charge on any atom is -0.330 e. The van der Waals surface area contributed by atoms with E-state index in [0.29, 0.717) is 29.4 Å². The van der Waals surface area contributed by atoms with Crippen LogP contribution in [0.3, 0.4) is 0 Å². The van der Waals surface area contributed by atoms with Crippen LogP contribution in [-0.2, 0) is 4.79 Å². The zero-order valence-electron chi connectivity index (χ0n) is 11.1. The molecule has 0 spiro atoms. The Balaban J connectivity index is 2.31. The van der Waals surface area contributed by atoms with Crippen LogP contribution < -0.4 is 11.1 Å². The number of hydrogen-bond donors (Lipinski definition) is 2. The largest absolute Gasteiger partial charge is 0.330 e. The topological polar surface area (TPSA) is 85.8 Å². The van der Waals surface area contributed by atoms with Gasteiger partial charge in [-0.05, 0) is 24.6 Å². The quantitative estimate of drug-likeness (QED) is 0.881. The average molecular weight is 294 g/mol.